The van der Waals surface area contributed by atoms with Crippen LogP contribution in [0.3, 0.4) is 0 Å². The number of benzene rings is 2. The molecule has 1 N–H and O–H groups in total. The maximum atomic E-state index is 13.5. The molecule has 3 aromatic rings. The van der Waals surface area contributed by atoms with Gasteiger partial charge in [0.25, 0.3) is 16.8 Å². The van der Waals surface area contributed by atoms with E-state index in [-0.39, 0.29) is 28.8 Å². The molecule has 47 heavy (non-hydrogen) atoms. The molecule has 1 aliphatic rings. The average molecular weight is 681 g/mol. The molecule has 1 atom stereocenters. The average Bonchev–Trinajstić information content (AvgIpc) is 3.46. The number of rotatable bonds is 10. The van der Waals surface area contributed by atoms with Gasteiger partial charge in [0.2, 0.25) is 0 Å². The van der Waals surface area contributed by atoms with Crippen LogP contribution in [0.1, 0.15) is 44.9 Å². The number of aryl methyl sites for hydroxylation is 1. The Morgan fingerprint density at radius 3 is 2.36 bits per heavy atom. The maximum absolute atomic E-state index is 13.5. The topological polar surface area (TPSA) is 154 Å². The minimum Gasteiger partial charge on any atom is -0.448 e. The standard InChI is InChI=1S/C30H35F3N6O7S/c1-20-7-9-22(10-8-20)25-16-26(30(31,32)33)34-39(25)23-11-13-24(14-12-23)47(42,43)35-28(41)44-18-21-6-5-15-38(17-21)36-37-46-19-45-27(40)29(2,3)4/h7-14,16,21H,5-6,15,17-19H2,1-4H3,(H,35,41)/b37-36-. The van der Waals surface area contributed by atoms with E-state index < -0.39 is 46.2 Å². The van der Waals surface area contributed by atoms with Crippen molar-refractivity contribution in [3.05, 3.63) is 65.9 Å². The summed E-state index contributed by atoms with van der Waals surface area (Å²) in [4.78, 5) is 28.7. The van der Waals surface area contributed by atoms with Gasteiger partial charge in [-0.05, 0) is 76.1 Å². The lowest BCUT2D eigenvalue weighted by molar-refractivity contribution is -0.167. The van der Waals surface area contributed by atoms with Crippen LogP contribution in [-0.4, -0.2) is 61.8 Å². The van der Waals surface area contributed by atoms with Gasteiger partial charge in [0, 0.05) is 29.8 Å². The van der Waals surface area contributed by atoms with Gasteiger partial charge in [0.15, 0.2) is 5.69 Å². The molecule has 1 unspecified atom stereocenters. The fourth-order valence-electron chi connectivity index (χ4n) is 4.46. The Kier molecular flexibility index (Phi) is 10.8. The number of esters is 1. The van der Waals surface area contributed by atoms with E-state index in [1.807, 2.05) is 11.6 Å². The number of hydrogen-bond donors (Lipinski definition) is 1. The Balaban J connectivity index is 1.32. The smallest absolute Gasteiger partial charge is 0.435 e. The van der Waals surface area contributed by atoms with Crippen LogP contribution in [-0.2, 0) is 35.3 Å². The summed E-state index contributed by atoms with van der Waals surface area (Å²) in [5, 5.41) is 12.8. The van der Waals surface area contributed by atoms with E-state index in [1.54, 1.807) is 50.0 Å². The highest BCUT2D eigenvalue weighted by molar-refractivity contribution is 7.90. The van der Waals surface area contributed by atoms with Crippen molar-refractivity contribution in [3.8, 4) is 16.9 Å². The number of amides is 1. The summed E-state index contributed by atoms with van der Waals surface area (Å²) in [5.74, 6) is -0.627. The second kappa shape index (κ2) is 14.4. The molecule has 2 aromatic carbocycles. The Bertz CT molecular complexity index is 1690. The van der Waals surface area contributed by atoms with Gasteiger partial charge >= 0.3 is 18.2 Å². The monoisotopic (exact) mass is 680 g/mol. The van der Waals surface area contributed by atoms with Gasteiger partial charge < -0.3 is 14.3 Å². The number of nitrogens with one attached hydrogen (secondary N) is 1. The van der Waals surface area contributed by atoms with Crippen LogP contribution in [0.4, 0.5) is 18.0 Å². The third-order valence-electron chi connectivity index (χ3n) is 6.98. The van der Waals surface area contributed by atoms with Crippen LogP contribution >= 0.6 is 0 Å². The van der Waals surface area contributed by atoms with Gasteiger partial charge in [0.1, 0.15) is 0 Å². The molecule has 0 spiro atoms. The molecule has 0 saturated carbocycles. The second-order valence-electron chi connectivity index (χ2n) is 11.9. The molecule has 1 amide bonds. The van der Waals surface area contributed by atoms with Crippen LogP contribution < -0.4 is 4.72 Å². The quantitative estimate of drug-likeness (QED) is 0.0915. The number of piperidine rings is 1. The van der Waals surface area contributed by atoms with Crippen molar-refractivity contribution in [1.82, 2.24) is 19.5 Å². The normalized spacial score (nSPS) is 15.8. The number of nitrogens with zero attached hydrogens (tertiary/aromatic N) is 5. The zero-order chi connectivity index (χ0) is 34.4. The third kappa shape index (κ3) is 9.67. The molecule has 2 heterocycles. The van der Waals surface area contributed by atoms with E-state index in [9.17, 15) is 31.2 Å². The SMILES string of the molecule is Cc1ccc(-c2cc(C(F)(F)F)nn2-c2ccc(S(=O)(=O)NC(=O)OCC3CCCN(/N=N\OCOC(=O)C(C)(C)C)C3)cc2)cc1. The summed E-state index contributed by atoms with van der Waals surface area (Å²) in [6.45, 7) is 7.36. The first-order valence-electron chi connectivity index (χ1n) is 14.5. The molecular formula is C30H35F3N6O7S. The third-order valence-corrected chi connectivity index (χ3v) is 8.31. The van der Waals surface area contributed by atoms with E-state index in [4.69, 9.17) is 14.3 Å². The first kappa shape index (κ1) is 35.2. The van der Waals surface area contributed by atoms with Crippen molar-refractivity contribution in [1.29, 1.82) is 0 Å². The molecule has 254 valence electrons. The number of aromatic nitrogens is 2. The fourth-order valence-corrected chi connectivity index (χ4v) is 5.35. The van der Waals surface area contributed by atoms with E-state index in [2.05, 4.69) is 15.6 Å². The van der Waals surface area contributed by atoms with Crippen LogP contribution in [0, 0.1) is 18.3 Å². The van der Waals surface area contributed by atoms with Crippen molar-refractivity contribution in [3.63, 3.8) is 0 Å². The van der Waals surface area contributed by atoms with Crippen molar-refractivity contribution in [2.45, 2.75) is 51.6 Å². The summed E-state index contributed by atoms with van der Waals surface area (Å²) in [5.41, 5.74) is -0.0544. The maximum Gasteiger partial charge on any atom is 0.435 e. The number of alkyl halides is 3. The lowest BCUT2D eigenvalue weighted by Crippen LogP contribution is -2.36. The van der Waals surface area contributed by atoms with Gasteiger partial charge in [-0.3, -0.25) is 9.80 Å². The molecule has 0 bridgehead atoms. The number of ether oxygens (including phenoxy) is 2. The Morgan fingerprint density at radius 1 is 1.04 bits per heavy atom. The number of hydrogen-bond acceptors (Lipinski definition) is 10. The lowest BCUT2D eigenvalue weighted by Gasteiger charge is -2.28. The van der Waals surface area contributed by atoms with Gasteiger partial charge in [-0.1, -0.05) is 29.8 Å². The molecule has 13 nitrogen and oxygen atoms in total. The molecule has 0 radical (unpaired) electrons. The highest BCUT2D eigenvalue weighted by Crippen LogP contribution is 2.33. The van der Waals surface area contributed by atoms with Gasteiger partial charge in [0.05, 0.1) is 28.3 Å². The highest BCUT2D eigenvalue weighted by Gasteiger charge is 2.35. The van der Waals surface area contributed by atoms with Crippen molar-refractivity contribution in [2.24, 2.45) is 21.8 Å². The Morgan fingerprint density at radius 2 is 1.72 bits per heavy atom. The van der Waals surface area contributed by atoms with E-state index >= 15 is 0 Å². The lowest BCUT2D eigenvalue weighted by atomic mass is 9.98. The predicted octanol–water partition coefficient (Wildman–Crippen LogP) is 5.84. The van der Waals surface area contributed by atoms with Crippen molar-refractivity contribution < 1.29 is 45.5 Å². The first-order chi connectivity index (χ1) is 22.0. The summed E-state index contributed by atoms with van der Waals surface area (Å²) < 4.78 is 79.2. The van der Waals surface area contributed by atoms with Crippen LogP contribution in [0.15, 0.2) is 70.0 Å². The predicted molar refractivity (Wildman–Crippen MR) is 161 cm³/mol. The molecule has 1 aliphatic heterocycles. The summed E-state index contributed by atoms with van der Waals surface area (Å²) in [7, 11) is -4.37. The summed E-state index contributed by atoms with van der Waals surface area (Å²) >= 11 is 0. The van der Waals surface area contributed by atoms with E-state index in [1.165, 1.54) is 12.1 Å². The molecular weight excluding hydrogens is 645 g/mol. The zero-order valence-corrected chi connectivity index (χ0v) is 27.0. The van der Waals surface area contributed by atoms with Gasteiger partial charge in [-0.2, -0.15) is 18.3 Å². The number of halogens is 3. The van der Waals surface area contributed by atoms with Crippen molar-refractivity contribution in [2.75, 3.05) is 26.5 Å². The molecule has 4 rings (SSSR count). The van der Waals surface area contributed by atoms with Gasteiger partial charge in [-0.15, -0.1) is 0 Å². The summed E-state index contributed by atoms with van der Waals surface area (Å²) in [6.07, 6.45) is -4.51. The van der Waals surface area contributed by atoms with Crippen LogP contribution in [0.2, 0.25) is 0 Å². The molecule has 1 aromatic heterocycles. The van der Waals surface area contributed by atoms with E-state index in [0.717, 1.165) is 28.4 Å². The Labute approximate surface area is 269 Å². The molecule has 0 aliphatic carbocycles. The Hall–Kier alpha value is -4.67. The first-order valence-corrected chi connectivity index (χ1v) is 16.0. The number of sulfonamides is 1. The molecule has 1 saturated heterocycles. The second-order valence-corrected chi connectivity index (χ2v) is 13.6. The highest BCUT2D eigenvalue weighted by atomic mass is 32.2. The molecule has 17 heteroatoms. The zero-order valence-electron chi connectivity index (χ0n) is 26.2. The summed E-state index contributed by atoms with van der Waals surface area (Å²) in [6, 6.07) is 12.6. The van der Waals surface area contributed by atoms with Crippen LogP contribution in [0.5, 0.6) is 0 Å². The fraction of sp³-hybridized carbons (Fsp3) is 0.433. The minimum atomic E-state index is -4.70. The number of carbonyl (C=O) groups excluding carboxylic acids is 2. The largest absolute Gasteiger partial charge is 0.448 e. The number of carbonyl (C=O) groups is 2. The van der Waals surface area contributed by atoms with Crippen LogP contribution in [0.25, 0.3) is 16.9 Å². The van der Waals surface area contributed by atoms with E-state index in [0.29, 0.717) is 31.5 Å². The van der Waals surface area contributed by atoms with Gasteiger partial charge in [-0.25, -0.2) is 22.6 Å². The van der Waals surface area contributed by atoms with Crippen molar-refractivity contribution >= 4 is 22.1 Å². The molecule has 1 fully saturated rings. The minimum absolute atomic E-state index is 0.0982.